The van der Waals surface area contributed by atoms with E-state index in [2.05, 4.69) is 50.7 Å². The van der Waals surface area contributed by atoms with Gasteiger partial charge in [-0.25, -0.2) is 4.98 Å². The lowest BCUT2D eigenvalue weighted by molar-refractivity contribution is 0.0776. The SMILES string of the molecule is COc1cc(C(=O)N2CC3C4C2N34)cc2nc(-c3cc4ccc(NCCC5CC5)cc4n3CC3CC3)n(C)c12. The van der Waals surface area contributed by atoms with Crippen LogP contribution < -0.4 is 10.1 Å². The second-order valence-corrected chi connectivity index (χ2v) is 12.4. The third kappa shape index (κ3) is 3.40. The van der Waals surface area contributed by atoms with Gasteiger partial charge in [0, 0.05) is 49.4 Å². The molecule has 4 aliphatic heterocycles. The van der Waals surface area contributed by atoms with Gasteiger partial charge in [0.05, 0.1) is 29.9 Å². The molecule has 4 saturated heterocycles. The zero-order chi connectivity index (χ0) is 26.0. The molecule has 0 radical (unpaired) electrons. The molecule has 4 atom stereocenters. The minimum atomic E-state index is 0.0875. The van der Waals surface area contributed by atoms with Crippen molar-refractivity contribution in [3.05, 3.63) is 42.0 Å². The van der Waals surface area contributed by atoms with Crippen LogP contribution in [0.3, 0.4) is 0 Å². The Bertz CT molecular complexity index is 1660. The zero-order valence-electron chi connectivity index (χ0n) is 22.6. The van der Waals surface area contributed by atoms with Gasteiger partial charge in [0.1, 0.15) is 17.4 Å². The van der Waals surface area contributed by atoms with Crippen molar-refractivity contribution >= 4 is 33.5 Å². The Balaban J connectivity index is 1.12. The molecule has 8 nitrogen and oxygen atoms in total. The normalized spacial score (nSPS) is 26.4. The molecule has 1 amide bonds. The minimum absolute atomic E-state index is 0.0875. The first-order valence-electron chi connectivity index (χ1n) is 14.6. The van der Waals surface area contributed by atoms with Gasteiger partial charge in [0.25, 0.3) is 5.91 Å². The number of amides is 1. The van der Waals surface area contributed by atoms with Crippen molar-refractivity contribution in [2.45, 2.75) is 56.9 Å². The van der Waals surface area contributed by atoms with Crippen LogP contribution in [0.4, 0.5) is 5.69 Å². The number of fused-ring (bicyclic) bond motifs is 3. The molecule has 4 unspecified atom stereocenters. The van der Waals surface area contributed by atoms with Gasteiger partial charge in [-0.15, -0.1) is 0 Å². The van der Waals surface area contributed by atoms with Gasteiger partial charge in [-0.1, -0.05) is 18.9 Å². The fraction of sp³-hybridized carbons (Fsp3) is 0.484. The third-order valence-electron chi connectivity index (χ3n) is 9.77. The number of hydrogen-bond acceptors (Lipinski definition) is 5. The number of nitrogens with one attached hydrogen (secondary N) is 1. The summed E-state index contributed by atoms with van der Waals surface area (Å²) in [6.07, 6.45) is 6.95. The summed E-state index contributed by atoms with van der Waals surface area (Å²) in [5.74, 6) is 3.35. The van der Waals surface area contributed by atoms with Crippen molar-refractivity contribution in [2.24, 2.45) is 18.9 Å². The molecule has 200 valence electrons. The summed E-state index contributed by atoms with van der Waals surface area (Å²) in [5.41, 5.74) is 5.97. The molecule has 1 N–H and O–H groups in total. The minimum Gasteiger partial charge on any atom is -0.494 e. The Kier molecular flexibility index (Phi) is 4.45. The Morgan fingerprint density at radius 2 is 1.92 bits per heavy atom. The van der Waals surface area contributed by atoms with Gasteiger partial charge in [-0.05, 0) is 61.4 Å². The number of methoxy groups -OCH3 is 1. The number of carbonyl (C=O) groups excluding carboxylic acids is 1. The van der Waals surface area contributed by atoms with Crippen LogP contribution in [0.1, 0.15) is 42.5 Å². The van der Waals surface area contributed by atoms with Crippen LogP contribution in [0.15, 0.2) is 36.4 Å². The summed E-state index contributed by atoms with van der Waals surface area (Å²) in [6.45, 7) is 2.89. The number of benzene rings is 2. The summed E-state index contributed by atoms with van der Waals surface area (Å²) in [6, 6.07) is 14.1. The van der Waals surface area contributed by atoms with Gasteiger partial charge < -0.3 is 24.1 Å². The zero-order valence-corrected chi connectivity index (χ0v) is 22.6. The van der Waals surface area contributed by atoms with Gasteiger partial charge in [0.15, 0.2) is 5.82 Å². The van der Waals surface area contributed by atoms with Crippen molar-refractivity contribution in [3.63, 3.8) is 0 Å². The fourth-order valence-electron chi connectivity index (χ4n) is 7.04. The highest BCUT2D eigenvalue weighted by molar-refractivity contribution is 6.01. The van der Waals surface area contributed by atoms with E-state index in [1.54, 1.807) is 7.11 Å². The third-order valence-corrected chi connectivity index (χ3v) is 9.77. The van der Waals surface area contributed by atoms with E-state index in [1.807, 2.05) is 17.0 Å². The van der Waals surface area contributed by atoms with Crippen LogP contribution in [-0.4, -0.2) is 68.3 Å². The Hall–Kier alpha value is -3.52. The molecule has 39 heavy (non-hydrogen) atoms. The number of nitrogens with zero attached hydrogens (tertiary/aromatic N) is 5. The molecular weight excluding hydrogens is 488 g/mol. The molecule has 2 saturated carbocycles. The molecule has 2 aromatic heterocycles. The summed E-state index contributed by atoms with van der Waals surface area (Å²) < 4.78 is 10.4. The highest BCUT2D eigenvalue weighted by Gasteiger charge is 2.80. The van der Waals surface area contributed by atoms with E-state index < -0.39 is 0 Å². The van der Waals surface area contributed by atoms with E-state index in [9.17, 15) is 4.79 Å². The second kappa shape index (κ2) is 7.78. The number of carbonyl (C=O) groups is 1. The van der Waals surface area contributed by atoms with Crippen LogP contribution in [0, 0.1) is 11.8 Å². The van der Waals surface area contributed by atoms with Crippen LogP contribution in [0.2, 0.25) is 0 Å². The lowest BCUT2D eigenvalue weighted by Crippen LogP contribution is -2.30. The quantitative estimate of drug-likeness (QED) is 0.324. The number of aryl methyl sites for hydroxylation is 1. The molecule has 8 heteroatoms. The number of hydrogen-bond donors (Lipinski definition) is 1. The summed E-state index contributed by atoms with van der Waals surface area (Å²) in [7, 11) is 3.74. The number of aromatic nitrogens is 3. The van der Waals surface area contributed by atoms with Gasteiger partial charge in [-0.3, -0.25) is 9.69 Å². The van der Waals surface area contributed by atoms with Gasteiger partial charge >= 0.3 is 0 Å². The number of imidazole rings is 1. The second-order valence-electron chi connectivity index (χ2n) is 12.4. The van der Waals surface area contributed by atoms with E-state index in [4.69, 9.17) is 9.72 Å². The first-order valence-corrected chi connectivity index (χ1v) is 14.6. The molecule has 6 aliphatic rings. The standard InChI is InChI=1S/C31H34N6O2/c1-34-27-22(11-20(13-26(27)39-2)31(38)36-16-25-28-30(36)37(25)28)33-29(34)24-12-19-7-8-21(32-10-9-17-3-4-17)14-23(19)35(24)15-18-5-6-18/h7-8,11-14,17-18,25,28,30,32H,3-6,9-10,15-16H2,1-2H3. The lowest BCUT2D eigenvalue weighted by Gasteiger charge is -2.15. The van der Waals surface area contributed by atoms with E-state index >= 15 is 0 Å². The maximum absolute atomic E-state index is 13.4. The van der Waals surface area contributed by atoms with Crippen LogP contribution in [0.5, 0.6) is 5.75 Å². The number of anilines is 1. The lowest BCUT2D eigenvalue weighted by atomic mass is 10.1. The average molecular weight is 523 g/mol. The molecular formula is C31H34N6O2. The highest BCUT2D eigenvalue weighted by atomic mass is 16.5. The van der Waals surface area contributed by atoms with Crippen LogP contribution in [0.25, 0.3) is 33.5 Å². The van der Waals surface area contributed by atoms with Crippen molar-refractivity contribution in [3.8, 4) is 17.3 Å². The van der Waals surface area contributed by atoms with E-state index in [1.165, 1.54) is 48.7 Å². The van der Waals surface area contributed by atoms with E-state index in [0.29, 0.717) is 29.6 Å². The summed E-state index contributed by atoms with van der Waals surface area (Å²) >= 11 is 0. The van der Waals surface area contributed by atoms with Gasteiger partial charge in [0.2, 0.25) is 0 Å². The largest absolute Gasteiger partial charge is 0.494 e. The molecule has 2 bridgehead atoms. The molecule has 2 aliphatic carbocycles. The average Bonchev–Trinajstić information content (AvgIpc) is 3.87. The predicted octanol–water partition coefficient (Wildman–Crippen LogP) is 4.67. The summed E-state index contributed by atoms with van der Waals surface area (Å²) in [4.78, 5) is 23.0. The first kappa shape index (κ1) is 22.3. The number of rotatable bonds is 9. The maximum Gasteiger partial charge on any atom is 0.255 e. The first-order chi connectivity index (χ1) is 19.1. The number of piperazine rings is 1. The molecule has 6 fully saturated rings. The fourth-order valence-corrected chi connectivity index (χ4v) is 7.04. The highest BCUT2D eigenvalue weighted by Crippen LogP contribution is 2.59. The van der Waals surface area contributed by atoms with E-state index in [-0.39, 0.29) is 5.91 Å². The molecule has 6 heterocycles. The summed E-state index contributed by atoms with van der Waals surface area (Å²) in [5, 5.41) is 4.89. The van der Waals surface area contributed by atoms with Crippen molar-refractivity contribution < 1.29 is 9.53 Å². The monoisotopic (exact) mass is 522 g/mol. The van der Waals surface area contributed by atoms with E-state index in [0.717, 1.165) is 54.0 Å². The van der Waals surface area contributed by atoms with Crippen LogP contribution >= 0.6 is 0 Å². The van der Waals surface area contributed by atoms with Crippen LogP contribution in [-0.2, 0) is 13.6 Å². The molecule has 0 spiro atoms. The molecule has 4 aromatic rings. The molecule has 10 rings (SSSR count). The topological polar surface area (TPSA) is 67.3 Å². The Morgan fingerprint density at radius 1 is 1.10 bits per heavy atom. The maximum atomic E-state index is 13.4. The smallest absolute Gasteiger partial charge is 0.255 e. The number of ether oxygens (including phenoxy) is 1. The molecule has 2 aromatic carbocycles. The van der Waals surface area contributed by atoms with Crippen molar-refractivity contribution in [2.75, 3.05) is 25.5 Å². The van der Waals surface area contributed by atoms with Gasteiger partial charge in [-0.2, -0.15) is 0 Å². The Morgan fingerprint density at radius 3 is 2.64 bits per heavy atom. The Labute approximate surface area is 227 Å². The van der Waals surface area contributed by atoms with Crippen molar-refractivity contribution in [1.82, 2.24) is 23.9 Å². The predicted molar refractivity (Wildman–Crippen MR) is 151 cm³/mol. The van der Waals surface area contributed by atoms with Crippen molar-refractivity contribution in [1.29, 1.82) is 0 Å².